The van der Waals surface area contributed by atoms with Gasteiger partial charge in [0, 0.05) is 12.6 Å². The van der Waals surface area contributed by atoms with E-state index in [-0.39, 0.29) is 6.10 Å². The zero-order valence-corrected chi connectivity index (χ0v) is 11.1. The number of rotatable bonds is 6. The summed E-state index contributed by atoms with van der Waals surface area (Å²) >= 11 is 0. The third-order valence-electron chi connectivity index (χ3n) is 3.70. The van der Waals surface area contributed by atoms with Crippen molar-refractivity contribution in [3.05, 3.63) is 0 Å². The van der Waals surface area contributed by atoms with E-state index in [0.29, 0.717) is 5.92 Å². The summed E-state index contributed by atoms with van der Waals surface area (Å²) in [6.45, 7) is 7.12. The second-order valence-electron chi connectivity index (χ2n) is 5.43. The van der Waals surface area contributed by atoms with Crippen molar-refractivity contribution in [2.45, 2.75) is 51.7 Å². The van der Waals surface area contributed by atoms with Gasteiger partial charge in [-0.2, -0.15) is 0 Å². The summed E-state index contributed by atoms with van der Waals surface area (Å²) in [5, 5.41) is 13.0. The lowest BCUT2D eigenvalue weighted by molar-refractivity contribution is 0.121. The Labute approximate surface area is 100 Å². The highest BCUT2D eigenvalue weighted by molar-refractivity contribution is 4.75. The van der Waals surface area contributed by atoms with Crippen LogP contribution >= 0.6 is 0 Å². The van der Waals surface area contributed by atoms with E-state index in [1.165, 1.54) is 32.2 Å². The standard InChI is InChI=1S/C13H28N2O/c1-11(2)13(16)10-14-8-7-12-6-4-5-9-15(12)3/h11-14,16H,4-10H2,1-3H3. The lowest BCUT2D eigenvalue weighted by atomic mass is 10.00. The van der Waals surface area contributed by atoms with Gasteiger partial charge in [0.1, 0.15) is 0 Å². The van der Waals surface area contributed by atoms with Gasteiger partial charge in [0.25, 0.3) is 0 Å². The average molecular weight is 228 g/mol. The number of aliphatic hydroxyl groups is 1. The number of nitrogens with zero attached hydrogens (tertiary/aromatic N) is 1. The zero-order chi connectivity index (χ0) is 12.0. The maximum Gasteiger partial charge on any atom is 0.0687 e. The first-order valence-corrected chi connectivity index (χ1v) is 6.70. The molecule has 0 aromatic carbocycles. The molecule has 0 saturated carbocycles. The van der Waals surface area contributed by atoms with Crippen LogP contribution in [-0.2, 0) is 0 Å². The molecule has 16 heavy (non-hydrogen) atoms. The van der Waals surface area contributed by atoms with Gasteiger partial charge < -0.3 is 15.3 Å². The molecule has 0 radical (unpaired) electrons. The van der Waals surface area contributed by atoms with Crippen molar-refractivity contribution >= 4 is 0 Å². The largest absolute Gasteiger partial charge is 0.392 e. The maximum absolute atomic E-state index is 9.64. The molecule has 0 aliphatic carbocycles. The van der Waals surface area contributed by atoms with Gasteiger partial charge in [-0.25, -0.2) is 0 Å². The molecule has 96 valence electrons. The quantitative estimate of drug-likeness (QED) is 0.676. The Morgan fingerprint density at radius 2 is 2.12 bits per heavy atom. The van der Waals surface area contributed by atoms with Crippen molar-refractivity contribution in [2.75, 3.05) is 26.7 Å². The van der Waals surface area contributed by atoms with E-state index in [4.69, 9.17) is 0 Å². The third-order valence-corrected chi connectivity index (χ3v) is 3.70. The molecular weight excluding hydrogens is 200 g/mol. The molecule has 1 heterocycles. The van der Waals surface area contributed by atoms with Crippen molar-refractivity contribution in [3.8, 4) is 0 Å². The lowest BCUT2D eigenvalue weighted by Crippen LogP contribution is -2.39. The van der Waals surface area contributed by atoms with Gasteiger partial charge in [-0.05, 0) is 45.3 Å². The topological polar surface area (TPSA) is 35.5 Å². The van der Waals surface area contributed by atoms with Crippen molar-refractivity contribution in [1.29, 1.82) is 0 Å². The Balaban J connectivity index is 2.06. The van der Waals surface area contributed by atoms with Crippen molar-refractivity contribution in [1.82, 2.24) is 10.2 Å². The SMILES string of the molecule is CC(C)C(O)CNCCC1CCCCN1C. The second kappa shape index (κ2) is 7.25. The highest BCUT2D eigenvalue weighted by atomic mass is 16.3. The maximum atomic E-state index is 9.64. The van der Waals surface area contributed by atoms with Crippen LogP contribution < -0.4 is 5.32 Å². The molecule has 3 heteroatoms. The lowest BCUT2D eigenvalue weighted by Gasteiger charge is -2.32. The Morgan fingerprint density at radius 1 is 1.38 bits per heavy atom. The molecule has 0 spiro atoms. The summed E-state index contributed by atoms with van der Waals surface area (Å²) in [6.07, 6.45) is 5.08. The first kappa shape index (κ1) is 13.9. The molecule has 3 nitrogen and oxygen atoms in total. The summed E-state index contributed by atoms with van der Waals surface area (Å²) in [5.41, 5.74) is 0. The van der Waals surface area contributed by atoms with Crippen LogP contribution in [0.3, 0.4) is 0 Å². The molecule has 0 amide bonds. The number of nitrogens with one attached hydrogen (secondary N) is 1. The minimum Gasteiger partial charge on any atom is -0.392 e. The van der Waals surface area contributed by atoms with E-state index in [2.05, 4.69) is 31.1 Å². The van der Waals surface area contributed by atoms with Crippen LogP contribution in [0, 0.1) is 5.92 Å². The smallest absolute Gasteiger partial charge is 0.0687 e. The van der Waals surface area contributed by atoms with E-state index in [9.17, 15) is 5.11 Å². The molecule has 1 aliphatic heterocycles. The van der Waals surface area contributed by atoms with Crippen LogP contribution in [-0.4, -0.2) is 48.8 Å². The molecule has 2 atom stereocenters. The first-order chi connectivity index (χ1) is 7.61. The monoisotopic (exact) mass is 228 g/mol. The third kappa shape index (κ3) is 4.81. The summed E-state index contributed by atoms with van der Waals surface area (Å²) in [5.74, 6) is 0.352. The molecular formula is C13H28N2O. The minimum atomic E-state index is -0.205. The van der Waals surface area contributed by atoms with Gasteiger partial charge in [0.15, 0.2) is 0 Å². The number of piperidine rings is 1. The van der Waals surface area contributed by atoms with E-state index < -0.39 is 0 Å². The van der Waals surface area contributed by atoms with E-state index in [1.807, 2.05) is 0 Å². The summed E-state index contributed by atoms with van der Waals surface area (Å²) in [7, 11) is 2.23. The fraction of sp³-hybridized carbons (Fsp3) is 1.00. The molecule has 0 aromatic rings. The highest BCUT2D eigenvalue weighted by Crippen LogP contribution is 2.17. The highest BCUT2D eigenvalue weighted by Gasteiger charge is 2.18. The van der Waals surface area contributed by atoms with Gasteiger partial charge in [0.2, 0.25) is 0 Å². The van der Waals surface area contributed by atoms with Crippen LogP contribution in [0.25, 0.3) is 0 Å². The van der Waals surface area contributed by atoms with E-state index >= 15 is 0 Å². The Kier molecular flexibility index (Phi) is 6.32. The molecule has 1 fully saturated rings. The molecule has 0 aromatic heterocycles. The molecule has 2 unspecified atom stereocenters. The normalized spacial score (nSPS) is 24.9. The van der Waals surface area contributed by atoms with Crippen LogP contribution in [0.1, 0.15) is 39.5 Å². The Bertz CT molecular complexity index is 185. The van der Waals surface area contributed by atoms with Gasteiger partial charge in [0.05, 0.1) is 6.10 Å². The molecule has 0 bridgehead atoms. The number of likely N-dealkylation sites (tertiary alicyclic amines) is 1. The van der Waals surface area contributed by atoms with E-state index in [1.54, 1.807) is 0 Å². The minimum absolute atomic E-state index is 0.205. The van der Waals surface area contributed by atoms with Crippen LogP contribution in [0.4, 0.5) is 0 Å². The van der Waals surface area contributed by atoms with Crippen molar-refractivity contribution in [2.24, 2.45) is 5.92 Å². The number of hydrogen-bond donors (Lipinski definition) is 2. The van der Waals surface area contributed by atoms with Crippen LogP contribution in [0.2, 0.25) is 0 Å². The molecule has 1 rings (SSSR count). The van der Waals surface area contributed by atoms with E-state index in [0.717, 1.165) is 19.1 Å². The van der Waals surface area contributed by atoms with Crippen molar-refractivity contribution in [3.63, 3.8) is 0 Å². The van der Waals surface area contributed by atoms with Gasteiger partial charge in [-0.1, -0.05) is 20.3 Å². The Morgan fingerprint density at radius 3 is 2.75 bits per heavy atom. The molecule has 2 N–H and O–H groups in total. The summed E-state index contributed by atoms with van der Waals surface area (Å²) in [6, 6.07) is 0.748. The molecule has 1 saturated heterocycles. The second-order valence-corrected chi connectivity index (χ2v) is 5.43. The average Bonchev–Trinajstić information content (AvgIpc) is 2.26. The predicted octanol–water partition coefficient (Wildman–Crippen LogP) is 1.47. The van der Waals surface area contributed by atoms with Crippen LogP contribution in [0.15, 0.2) is 0 Å². The number of hydrogen-bond acceptors (Lipinski definition) is 3. The Hall–Kier alpha value is -0.120. The zero-order valence-electron chi connectivity index (χ0n) is 11.1. The summed E-state index contributed by atoms with van der Waals surface area (Å²) < 4.78 is 0. The fourth-order valence-electron chi connectivity index (χ4n) is 2.26. The summed E-state index contributed by atoms with van der Waals surface area (Å²) in [4.78, 5) is 2.48. The predicted molar refractivity (Wildman–Crippen MR) is 68.6 cm³/mol. The molecule has 1 aliphatic rings. The first-order valence-electron chi connectivity index (χ1n) is 6.70. The van der Waals surface area contributed by atoms with Crippen molar-refractivity contribution < 1.29 is 5.11 Å². The van der Waals surface area contributed by atoms with Gasteiger partial charge in [-0.3, -0.25) is 0 Å². The van der Waals surface area contributed by atoms with Gasteiger partial charge in [-0.15, -0.1) is 0 Å². The fourth-order valence-corrected chi connectivity index (χ4v) is 2.26. The van der Waals surface area contributed by atoms with Gasteiger partial charge >= 0.3 is 0 Å². The number of aliphatic hydroxyl groups excluding tert-OH is 1. The van der Waals surface area contributed by atoms with Crippen LogP contribution in [0.5, 0.6) is 0 Å².